The number of benzene rings is 1. The number of methoxy groups -OCH3 is 1. The molecule has 1 aromatic carbocycles. The Morgan fingerprint density at radius 2 is 2.31 bits per heavy atom. The van der Waals surface area contributed by atoms with E-state index in [0.717, 1.165) is 0 Å². The van der Waals surface area contributed by atoms with Gasteiger partial charge in [-0.15, -0.1) is 0 Å². The van der Waals surface area contributed by atoms with Crippen LogP contribution < -0.4 is 10.6 Å². The maximum Gasteiger partial charge on any atom is 0.413 e. The molecule has 88 valence electrons. The minimum atomic E-state index is -0.515. The van der Waals surface area contributed by atoms with Crippen molar-refractivity contribution in [2.75, 3.05) is 25.1 Å². The zero-order valence-corrected chi connectivity index (χ0v) is 9.15. The number of amides is 1. The average Bonchev–Trinajstić information content (AvgIpc) is 2.29. The monoisotopic (exact) mass is 226 g/mol. The van der Waals surface area contributed by atoms with Crippen LogP contribution in [0, 0.1) is 5.82 Å². The van der Waals surface area contributed by atoms with Gasteiger partial charge in [-0.1, -0.05) is 6.07 Å². The predicted octanol–water partition coefficient (Wildman–Crippen LogP) is 1.75. The summed E-state index contributed by atoms with van der Waals surface area (Å²) in [6.45, 7) is 0.870. The number of nitrogens with zero attached hydrogens (tertiary/aromatic N) is 1. The van der Waals surface area contributed by atoms with Crippen molar-refractivity contribution >= 4 is 11.8 Å². The van der Waals surface area contributed by atoms with Gasteiger partial charge in [0.05, 0.1) is 7.11 Å². The fourth-order valence-electron chi connectivity index (χ4n) is 1.33. The molecule has 0 bridgehead atoms. The van der Waals surface area contributed by atoms with Crippen LogP contribution in [0.25, 0.3) is 0 Å². The summed E-state index contributed by atoms with van der Waals surface area (Å²) in [5, 5.41) is 0. The zero-order valence-electron chi connectivity index (χ0n) is 9.15. The van der Waals surface area contributed by atoms with E-state index in [9.17, 15) is 9.18 Å². The number of anilines is 1. The Morgan fingerprint density at radius 1 is 1.56 bits per heavy atom. The molecule has 0 saturated carbocycles. The van der Waals surface area contributed by atoms with Crippen LogP contribution >= 0.6 is 0 Å². The van der Waals surface area contributed by atoms with Crippen LogP contribution in [-0.2, 0) is 4.74 Å². The number of halogens is 1. The number of carbonyl (C=O) groups is 1. The van der Waals surface area contributed by atoms with E-state index in [0.29, 0.717) is 25.2 Å². The molecule has 0 unspecified atom stereocenters. The first kappa shape index (κ1) is 12.4. The van der Waals surface area contributed by atoms with Crippen molar-refractivity contribution in [2.45, 2.75) is 6.42 Å². The molecule has 5 heteroatoms. The maximum absolute atomic E-state index is 13.0. The molecule has 0 spiro atoms. The number of nitrogens with two attached hydrogens (primary N) is 1. The smallest absolute Gasteiger partial charge is 0.413 e. The molecule has 0 saturated heterocycles. The molecule has 4 nitrogen and oxygen atoms in total. The molecule has 0 heterocycles. The van der Waals surface area contributed by atoms with Crippen LogP contribution in [0.5, 0.6) is 0 Å². The van der Waals surface area contributed by atoms with Gasteiger partial charge in [0.2, 0.25) is 0 Å². The van der Waals surface area contributed by atoms with Crippen molar-refractivity contribution in [3.05, 3.63) is 30.1 Å². The van der Waals surface area contributed by atoms with Crippen LogP contribution in [0.1, 0.15) is 6.42 Å². The maximum atomic E-state index is 13.0. The van der Waals surface area contributed by atoms with Gasteiger partial charge >= 0.3 is 6.09 Å². The van der Waals surface area contributed by atoms with Crippen LogP contribution in [-0.4, -0.2) is 26.3 Å². The highest BCUT2D eigenvalue weighted by molar-refractivity contribution is 5.87. The topological polar surface area (TPSA) is 55.6 Å². The molecule has 2 N–H and O–H groups in total. The Kier molecular flexibility index (Phi) is 4.72. The van der Waals surface area contributed by atoms with Crippen molar-refractivity contribution < 1.29 is 13.9 Å². The summed E-state index contributed by atoms with van der Waals surface area (Å²) >= 11 is 0. The van der Waals surface area contributed by atoms with Crippen molar-refractivity contribution in [3.63, 3.8) is 0 Å². The molecule has 16 heavy (non-hydrogen) atoms. The molecular weight excluding hydrogens is 211 g/mol. The number of carbonyl (C=O) groups excluding carboxylic acids is 1. The summed E-state index contributed by atoms with van der Waals surface area (Å²) in [4.78, 5) is 12.8. The van der Waals surface area contributed by atoms with Crippen molar-refractivity contribution in [3.8, 4) is 0 Å². The summed E-state index contributed by atoms with van der Waals surface area (Å²) in [6, 6.07) is 5.80. The van der Waals surface area contributed by atoms with Gasteiger partial charge in [0.15, 0.2) is 0 Å². The third kappa shape index (κ3) is 3.20. The first-order valence-electron chi connectivity index (χ1n) is 5.00. The second-order valence-corrected chi connectivity index (χ2v) is 3.24. The quantitative estimate of drug-likeness (QED) is 0.850. The summed E-state index contributed by atoms with van der Waals surface area (Å²) in [6.07, 6.45) is 0.116. The lowest BCUT2D eigenvalue weighted by atomic mass is 10.2. The van der Waals surface area contributed by atoms with E-state index in [2.05, 4.69) is 4.74 Å². The number of hydrogen-bond acceptors (Lipinski definition) is 3. The Labute approximate surface area is 93.8 Å². The molecule has 1 amide bonds. The van der Waals surface area contributed by atoms with E-state index in [-0.39, 0.29) is 5.82 Å². The molecule has 1 aromatic rings. The Bertz CT molecular complexity index is 358. The summed E-state index contributed by atoms with van der Waals surface area (Å²) < 4.78 is 17.6. The first-order valence-corrected chi connectivity index (χ1v) is 5.00. The molecule has 0 aliphatic carbocycles. The molecule has 1 rings (SSSR count). The highest BCUT2D eigenvalue weighted by atomic mass is 19.1. The molecule has 0 aliphatic heterocycles. The SMILES string of the molecule is COC(=O)N(CCCN)c1cccc(F)c1. The molecule has 0 fully saturated rings. The Morgan fingerprint density at radius 3 is 2.88 bits per heavy atom. The lowest BCUT2D eigenvalue weighted by molar-refractivity contribution is 0.178. The van der Waals surface area contributed by atoms with Gasteiger partial charge in [-0.2, -0.15) is 0 Å². The fraction of sp³-hybridized carbons (Fsp3) is 0.364. The first-order chi connectivity index (χ1) is 7.69. The lowest BCUT2D eigenvalue weighted by Gasteiger charge is -2.20. The number of rotatable bonds is 4. The van der Waals surface area contributed by atoms with Gasteiger partial charge in [-0.3, -0.25) is 4.90 Å². The minimum Gasteiger partial charge on any atom is -0.452 e. The van der Waals surface area contributed by atoms with Crippen LogP contribution in [0.2, 0.25) is 0 Å². The van der Waals surface area contributed by atoms with Crippen molar-refractivity contribution in [1.29, 1.82) is 0 Å². The number of hydrogen-bond donors (Lipinski definition) is 1. The summed E-state index contributed by atoms with van der Waals surface area (Å²) in [5.41, 5.74) is 5.85. The van der Waals surface area contributed by atoms with E-state index >= 15 is 0 Å². The molecule has 0 aromatic heterocycles. The predicted molar refractivity (Wildman–Crippen MR) is 59.8 cm³/mol. The molecule has 0 radical (unpaired) electrons. The third-order valence-corrected chi connectivity index (χ3v) is 2.10. The molecule has 0 aliphatic rings. The highest BCUT2D eigenvalue weighted by Crippen LogP contribution is 2.16. The fourth-order valence-corrected chi connectivity index (χ4v) is 1.33. The van der Waals surface area contributed by atoms with Gasteiger partial charge in [-0.05, 0) is 31.2 Å². The van der Waals surface area contributed by atoms with Crippen LogP contribution in [0.15, 0.2) is 24.3 Å². The number of ether oxygens (including phenoxy) is 1. The van der Waals surface area contributed by atoms with Gasteiger partial charge in [-0.25, -0.2) is 9.18 Å². The van der Waals surface area contributed by atoms with Crippen molar-refractivity contribution in [1.82, 2.24) is 0 Å². The average molecular weight is 226 g/mol. The van der Waals surface area contributed by atoms with Gasteiger partial charge < -0.3 is 10.5 Å². The van der Waals surface area contributed by atoms with Crippen LogP contribution in [0.3, 0.4) is 0 Å². The largest absolute Gasteiger partial charge is 0.452 e. The second-order valence-electron chi connectivity index (χ2n) is 3.24. The van der Waals surface area contributed by atoms with Crippen molar-refractivity contribution in [2.24, 2.45) is 5.73 Å². The highest BCUT2D eigenvalue weighted by Gasteiger charge is 2.15. The van der Waals surface area contributed by atoms with E-state index in [1.807, 2.05) is 0 Å². The van der Waals surface area contributed by atoms with Gasteiger partial charge in [0.25, 0.3) is 0 Å². The summed E-state index contributed by atoms with van der Waals surface area (Å²) in [5.74, 6) is -0.390. The normalized spacial score (nSPS) is 9.94. The zero-order chi connectivity index (χ0) is 12.0. The molecular formula is C11H15FN2O2. The van der Waals surface area contributed by atoms with Gasteiger partial charge in [0.1, 0.15) is 5.82 Å². The minimum absolute atomic E-state index is 0.390. The van der Waals surface area contributed by atoms with E-state index in [1.54, 1.807) is 12.1 Å². The Hall–Kier alpha value is -1.62. The standard InChI is InChI=1S/C11H15FN2O2/c1-16-11(15)14(7-3-6-13)10-5-2-4-9(12)8-10/h2,4-5,8H,3,6-7,13H2,1H3. The van der Waals surface area contributed by atoms with E-state index in [1.165, 1.54) is 24.1 Å². The molecule has 0 atom stereocenters. The van der Waals surface area contributed by atoms with Gasteiger partial charge in [0, 0.05) is 12.2 Å². The third-order valence-electron chi connectivity index (χ3n) is 2.10. The second kappa shape index (κ2) is 6.07. The Balaban J connectivity index is 2.87. The van der Waals surface area contributed by atoms with E-state index < -0.39 is 6.09 Å². The van der Waals surface area contributed by atoms with Crippen LogP contribution in [0.4, 0.5) is 14.9 Å². The summed E-state index contributed by atoms with van der Waals surface area (Å²) in [7, 11) is 1.29. The lowest BCUT2D eigenvalue weighted by Crippen LogP contribution is -2.32. The van der Waals surface area contributed by atoms with E-state index in [4.69, 9.17) is 5.73 Å².